The van der Waals surface area contributed by atoms with Gasteiger partial charge in [0.1, 0.15) is 0 Å². The Kier molecular flexibility index (Phi) is 3.60. The van der Waals surface area contributed by atoms with Gasteiger partial charge in [0, 0.05) is 6.04 Å². The molecule has 0 saturated carbocycles. The van der Waals surface area contributed by atoms with Gasteiger partial charge in [0.25, 0.3) is 0 Å². The number of carboxylic acid groups (broad SMARTS) is 1. The number of anilines is 1. The Bertz CT molecular complexity index is 432. The van der Waals surface area contributed by atoms with E-state index in [9.17, 15) is 13.6 Å². The van der Waals surface area contributed by atoms with Crippen LogP contribution in [0.3, 0.4) is 0 Å². The maximum absolute atomic E-state index is 13.4. The van der Waals surface area contributed by atoms with Gasteiger partial charge in [-0.2, -0.15) is 0 Å². The molecule has 1 atom stereocenters. The molecule has 3 nitrogen and oxygen atoms in total. The molecule has 0 aromatic heterocycles. The zero-order valence-electron chi connectivity index (χ0n) is 8.63. The fraction of sp³-hybridized carbons (Fsp3) is 0.182. The van der Waals surface area contributed by atoms with Crippen LogP contribution >= 0.6 is 0 Å². The van der Waals surface area contributed by atoms with Crippen LogP contribution in [-0.2, 0) is 0 Å². The SMILES string of the molecule is C=CC(C)Nc1ccc(C(=O)O)c(F)c1F. The first kappa shape index (κ1) is 12.2. The molecule has 1 unspecified atom stereocenters. The molecule has 1 aromatic carbocycles. The highest BCUT2D eigenvalue weighted by atomic mass is 19.2. The molecule has 0 spiro atoms. The van der Waals surface area contributed by atoms with Crippen molar-refractivity contribution in [3.05, 3.63) is 42.0 Å². The van der Waals surface area contributed by atoms with E-state index in [0.29, 0.717) is 0 Å². The lowest BCUT2D eigenvalue weighted by molar-refractivity contribution is 0.0690. The average Bonchev–Trinajstić information content (AvgIpc) is 2.24. The summed E-state index contributed by atoms with van der Waals surface area (Å²) < 4.78 is 26.6. The minimum Gasteiger partial charge on any atom is -0.478 e. The van der Waals surface area contributed by atoms with E-state index in [2.05, 4.69) is 11.9 Å². The minimum absolute atomic E-state index is 0.0881. The van der Waals surface area contributed by atoms with Crippen molar-refractivity contribution in [1.29, 1.82) is 0 Å². The summed E-state index contributed by atoms with van der Waals surface area (Å²) in [6.07, 6.45) is 1.52. The second-order valence-corrected chi connectivity index (χ2v) is 3.26. The van der Waals surface area contributed by atoms with Gasteiger partial charge in [-0.1, -0.05) is 6.08 Å². The van der Waals surface area contributed by atoms with Gasteiger partial charge in [-0.3, -0.25) is 0 Å². The van der Waals surface area contributed by atoms with Crippen LogP contribution in [0.5, 0.6) is 0 Å². The van der Waals surface area contributed by atoms with Crippen molar-refractivity contribution in [1.82, 2.24) is 0 Å². The van der Waals surface area contributed by atoms with E-state index >= 15 is 0 Å². The van der Waals surface area contributed by atoms with Crippen molar-refractivity contribution in [3.63, 3.8) is 0 Å². The summed E-state index contributed by atoms with van der Waals surface area (Å²) in [4.78, 5) is 10.5. The molecule has 0 heterocycles. The molecule has 5 heteroatoms. The highest BCUT2D eigenvalue weighted by molar-refractivity contribution is 5.88. The molecule has 0 amide bonds. The summed E-state index contributed by atoms with van der Waals surface area (Å²) in [6.45, 7) is 5.19. The van der Waals surface area contributed by atoms with Gasteiger partial charge in [0.05, 0.1) is 11.3 Å². The Labute approximate surface area is 91.4 Å². The lowest BCUT2D eigenvalue weighted by Gasteiger charge is -2.12. The van der Waals surface area contributed by atoms with Crippen LogP contribution in [0.25, 0.3) is 0 Å². The van der Waals surface area contributed by atoms with E-state index in [4.69, 9.17) is 5.11 Å². The van der Waals surface area contributed by atoms with Gasteiger partial charge >= 0.3 is 5.97 Å². The summed E-state index contributed by atoms with van der Waals surface area (Å²) in [6, 6.07) is 1.95. The second kappa shape index (κ2) is 4.74. The van der Waals surface area contributed by atoms with Crippen molar-refractivity contribution < 1.29 is 18.7 Å². The number of aromatic carboxylic acids is 1. The Hall–Kier alpha value is -1.91. The van der Waals surface area contributed by atoms with E-state index in [1.54, 1.807) is 6.92 Å². The van der Waals surface area contributed by atoms with E-state index in [1.165, 1.54) is 12.1 Å². The number of benzene rings is 1. The lowest BCUT2D eigenvalue weighted by Crippen LogP contribution is -2.14. The quantitative estimate of drug-likeness (QED) is 0.777. The summed E-state index contributed by atoms with van der Waals surface area (Å²) in [7, 11) is 0. The lowest BCUT2D eigenvalue weighted by atomic mass is 10.1. The van der Waals surface area contributed by atoms with Gasteiger partial charge in [-0.15, -0.1) is 6.58 Å². The van der Waals surface area contributed by atoms with Gasteiger partial charge < -0.3 is 10.4 Å². The van der Waals surface area contributed by atoms with Crippen LogP contribution in [0.1, 0.15) is 17.3 Å². The van der Waals surface area contributed by atoms with Gasteiger partial charge in [0.15, 0.2) is 11.6 Å². The fourth-order valence-electron chi connectivity index (χ4n) is 1.13. The highest BCUT2D eigenvalue weighted by Gasteiger charge is 2.18. The monoisotopic (exact) mass is 227 g/mol. The van der Waals surface area contributed by atoms with Crippen LogP contribution in [0.4, 0.5) is 14.5 Å². The maximum atomic E-state index is 13.4. The number of carbonyl (C=O) groups is 1. The van der Waals surface area contributed by atoms with Crippen molar-refractivity contribution in [2.24, 2.45) is 0 Å². The first-order valence-corrected chi connectivity index (χ1v) is 4.57. The van der Waals surface area contributed by atoms with Crippen molar-refractivity contribution >= 4 is 11.7 Å². The Morgan fingerprint density at radius 2 is 2.12 bits per heavy atom. The van der Waals surface area contributed by atoms with Crippen molar-refractivity contribution in [2.45, 2.75) is 13.0 Å². The zero-order valence-corrected chi connectivity index (χ0v) is 8.63. The third-order valence-electron chi connectivity index (χ3n) is 2.05. The van der Waals surface area contributed by atoms with Gasteiger partial charge in [-0.05, 0) is 19.1 Å². The van der Waals surface area contributed by atoms with Gasteiger partial charge in [0.2, 0.25) is 0 Å². The molecular weight excluding hydrogens is 216 g/mol. The predicted molar refractivity (Wildman–Crippen MR) is 56.6 cm³/mol. The first-order valence-electron chi connectivity index (χ1n) is 4.57. The average molecular weight is 227 g/mol. The van der Waals surface area contributed by atoms with E-state index in [0.717, 1.165) is 6.07 Å². The molecule has 0 fully saturated rings. The Morgan fingerprint density at radius 3 is 2.62 bits per heavy atom. The Morgan fingerprint density at radius 1 is 1.50 bits per heavy atom. The summed E-state index contributed by atoms with van der Waals surface area (Å²) in [5.74, 6) is -4.07. The van der Waals surface area contributed by atoms with Crippen LogP contribution in [0.15, 0.2) is 24.8 Å². The van der Waals surface area contributed by atoms with Crippen molar-refractivity contribution in [3.8, 4) is 0 Å². The summed E-state index contributed by atoms with van der Waals surface area (Å²) in [5.41, 5.74) is -0.774. The van der Waals surface area contributed by atoms with E-state index in [1.807, 2.05) is 0 Å². The molecule has 0 aliphatic heterocycles. The predicted octanol–water partition coefficient (Wildman–Crippen LogP) is 2.65. The minimum atomic E-state index is -1.50. The fourth-order valence-corrected chi connectivity index (χ4v) is 1.13. The molecule has 86 valence electrons. The largest absolute Gasteiger partial charge is 0.478 e. The summed E-state index contributed by atoms with van der Waals surface area (Å²) >= 11 is 0. The summed E-state index contributed by atoms with van der Waals surface area (Å²) in [5, 5.41) is 11.2. The number of nitrogens with one attached hydrogen (secondary N) is 1. The third kappa shape index (κ3) is 2.36. The van der Waals surface area contributed by atoms with Gasteiger partial charge in [-0.25, -0.2) is 13.6 Å². The van der Waals surface area contributed by atoms with E-state index in [-0.39, 0.29) is 11.7 Å². The number of hydrogen-bond acceptors (Lipinski definition) is 2. The van der Waals surface area contributed by atoms with E-state index < -0.39 is 23.2 Å². The molecule has 0 saturated heterocycles. The highest BCUT2D eigenvalue weighted by Crippen LogP contribution is 2.21. The molecule has 0 radical (unpaired) electrons. The second-order valence-electron chi connectivity index (χ2n) is 3.26. The molecule has 0 bridgehead atoms. The molecule has 2 N–H and O–H groups in total. The Balaban J connectivity index is 3.11. The maximum Gasteiger partial charge on any atom is 0.338 e. The standard InChI is InChI=1S/C11H11F2NO2/c1-3-6(2)14-8-5-4-7(11(15)16)9(12)10(8)13/h3-6,14H,1H2,2H3,(H,15,16). The topological polar surface area (TPSA) is 49.3 Å². The third-order valence-corrected chi connectivity index (χ3v) is 2.05. The van der Waals surface area contributed by atoms with Crippen LogP contribution < -0.4 is 5.32 Å². The van der Waals surface area contributed by atoms with Crippen LogP contribution in [-0.4, -0.2) is 17.1 Å². The number of rotatable bonds is 4. The van der Waals surface area contributed by atoms with Crippen LogP contribution in [0.2, 0.25) is 0 Å². The normalized spacial score (nSPS) is 11.9. The van der Waals surface area contributed by atoms with Crippen molar-refractivity contribution in [2.75, 3.05) is 5.32 Å². The number of halogens is 2. The molecule has 16 heavy (non-hydrogen) atoms. The molecule has 0 aliphatic rings. The zero-order chi connectivity index (χ0) is 12.3. The molecular formula is C11H11F2NO2. The first-order chi connectivity index (χ1) is 7.47. The van der Waals surface area contributed by atoms with Crippen LogP contribution in [0, 0.1) is 11.6 Å². The molecule has 1 aromatic rings. The number of carboxylic acids is 1. The molecule has 0 aliphatic carbocycles. The molecule has 1 rings (SSSR count). The smallest absolute Gasteiger partial charge is 0.338 e. The number of hydrogen-bond donors (Lipinski definition) is 2.